The highest BCUT2D eigenvalue weighted by atomic mass is 16.5. The highest BCUT2D eigenvalue weighted by molar-refractivity contribution is 6.01. The van der Waals surface area contributed by atoms with Crippen LogP contribution in [0.4, 0.5) is 0 Å². The molecule has 0 radical (unpaired) electrons. The first kappa shape index (κ1) is 32.7. The first-order valence-electron chi connectivity index (χ1n) is 16.5. The topological polar surface area (TPSA) is 92.2 Å². The van der Waals surface area contributed by atoms with Crippen LogP contribution in [-0.2, 0) is 22.4 Å². The van der Waals surface area contributed by atoms with Crippen molar-refractivity contribution in [2.75, 3.05) is 19.8 Å². The van der Waals surface area contributed by atoms with Crippen LogP contribution in [0, 0.1) is 0 Å². The van der Waals surface area contributed by atoms with E-state index in [4.69, 9.17) is 19.6 Å². The fourth-order valence-electron chi connectivity index (χ4n) is 5.95. The minimum absolute atomic E-state index is 0.0733. The summed E-state index contributed by atoms with van der Waals surface area (Å²) in [7, 11) is 0. The van der Waals surface area contributed by atoms with E-state index in [0.29, 0.717) is 37.6 Å². The Morgan fingerprint density at radius 1 is 0.729 bits per heavy atom. The van der Waals surface area contributed by atoms with Crippen molar-refractivity contribution in [3.63, 3.8) is 0 Å². The maximum absolute atomic E-state index is 14.5. The number of hydrogen-bond acceptors (Lipinski definition) is 6. The van der Waals surface area contributed by atoms with Gasteiger partial charge in [-0.15, -0.1) is 0 Å². The third-order valence-electron chi connectivity index (χ3n) is 8.48. The lowest BCUT2D eigenvalue weighted by molar-refractivity contribution is -0.130. The number of amides is 1. The van der Waals surface area contributed by atoms with E-state index in [0.717, 1.165) is 40.7 Å². The van der Waals surface area contributed by atoms with Gasteiger partial charge in [-0.1, -0.05) is 115 Å². The number of hydrazine groups is 1. The standard InChI is InChI=1S/C41H41N3O4/c45-28-11-29-47-37-25-23-36(24-26-37)39-43-41(30-32-14-6-2-7-15-32,40(46)44-42-27-10-16-31-12-4-1-5-13-31)38(48-39)35-21-19-34(20-22-35)33-17-8-3-9-18-33/h1-9,12-15,17-26,38,42,45H,10-11,16,27-30H2,(H,44,46)/t38-,41-/m0/s1. The fourth-order valence-corrected chi connectivity index (χ4v) is 5.95. The number of aliphatic hydroxyl groups is 1. The molecule has 0 aromatic heterocycles. The number of ether oxygens (including phenoxy) is 2. The zero-order valence-corrected chi connectivity index (χ0v) is 26.9. The van der Waals surface area contributed by atoms with Gasteiger partial charge in [-0.3, -0.25) is 10.2 Å². The summed E-state index contributed by atoms with van der Waals surface area (Å²) in [5.41, 5.74) is 10.9. The molecule has 0 spiro atoms. The number of nitrogens with zero attached hydrogens (tertiary/aromatic N) is 1. The minimum Gasteiger partial charge on any atom is -0.494 e. The van der Waals surface area contributed by atoms with Crippen molar-refractivity contribution >= 4 is 11.8 Å². The monoisotopic (exact) mass is 639 g/mol. The van der Waals surface area contributed by atoms with Gasteiger partial charge in [0.25, 0.3) is 5.91 Å². The summed E-state index contributed by atoms with van der Waals surface area (Å²) < 4.78 is 12.4. The van der Waals surface area contributed by atoms with Crippen LogP contribution in [-0.4, -0.2) is 42.2 Å². The van der Waals surface area contributed by atoms with Gasteiger partial charge in [-0.05, 0) is 64.9 Å². The quantitative estimate of drug-likeness (QED) is 0.0860. The molecule has 2 atom stereocenters. The number of carbonyl (C=O) groups is 1. The molecule has 6 rings (SSSR count). The van der Waals surface area contributed by atoms with Gasteiger partial charge in [0.2, 0.25) is 5.90 Å². The number of aliphatic hydroxyl groups excluding tert-OH is 1. The van der Waals surface area contributed by atoms with Crippen LogP contribution < -0.4 is 15.6 Å². The van der Waals surface area contributed by atoms with E-state index in [1.807, 2.05) is 103 Å². The molecular formula is C41H41N3O4. The molecule has 0 unspecified atom stereocenters. The van der Waals surface area contributed by atoms with Crippen LogP contribution in [0.2, 0.25) is 0 Å². The third kappa shape index (κ3) is 8.00. The van der Waals surface area contributed by atoms with Crippen LogP contribution in [0.5, 0.6) is 5.75 Å². The van der Waals surface area contributed by atoms with E-state index in [1.165, 1.54) is 5.56 Å². The number of nitrogens with one attached hydrogen (secondary N) is 2. The molecular weight excluding hydrogens is 598 g/mol. The number of rotatable bonds is 15. The van der Waals surface area contributed by atoms with Gasteiger partial charge in [0.1, 0.15) is 5.75 Å². The van der Waals surface area contributed by atoms with Crippen molar-refractivity contribution in [3.05, 3.63) is 162 Å². The molecule has 0 aliphatic carbocycles. The molecule has 5 aromatic rings. The highest BCUT2D eigenvalue weighted by Crippen LogP contribution is 2.43. The second-order valence-corrected chi connectivity index (χ2v) is 11.9. The Kier molecular flexibility index (Phi) is 10.9. The van der Waals surface area contributed by atoms with Crippen LogP contribution >= 0.6 is 0 Å². The molecule has 1 aliphatic heterocycles. The van der Waals surface area contributed by atoms with E-state index in [2.05, 4.69) is 47.2 Å². The molecule has 0 saturated carbocycles. The van der Waals surface area contributed by atoms with Crippen molar-refractivity contribution in [2.45, 2.75) is 37.3 Å². The molecule has 7 nitrogen and oxygen atoms in total. The maximum Gasteiger partial charge on any atom is 0.266 e. The number of hydrogen-bond donors (Lipinski definition) is 3. The Morgan fingerprint density at radius 3 is 2.00 bits per heavy atom. The van der Waals surface area contributed by atoms with Crippen molar-refractivity contribution < 1.29 is 19.4 Å². The van der Waals surface area contributed by atoms with Gasteiger partial charge in [0.05, 0.1) is 6.61 Å². The maximum atomic E-state index is 14.5. The minimum atomic E-state index is -1.30. The molecule has 0 fully saturated rings. The first-order chi connectivity index (χ1) is 23.6. The first-order valence-corrected chi connectivity index (χ1v) is 16.5. The van der Waals surface area contributed by atoms with Crippen LogP contribution in [0.3, 0.4) is 0 Å². The third-order valence-corrected chi connectivity index (χ3v) is 8.48. The SMILES string of the molecule is O=C(NNCCCc1ccccc1)[C@@]1(Cc2ccccc2)N=C(c2ccc(OCCCO)cc2)O[C@H]1c1ccc(-c2ccccc2)cc1. The second-order valence-electron chi connectivity index (χ2n) is 11.9. The lowest BCUT2D eigenvalue weighted by Crippen LogP contribution is -2.54. The smallest absolute Gasteiger partial charge is 0.266 e. The van der Waals surface area contributed by atoms with E-state index < -0.39 is 11.6 Å². The lowest BCUT2D eigenvalue weighted by Gasteiger charge is -2.31. The van der Waals surface area contributed by atoms with Crippen molar-refractivity contribution in [1.82, 2.24) is 10.9 Å². The Bertz CT molecular complexity index is 1760. The summed E-state index contributed by atoms with van der Waals surface area (Å²) in [6.45, 7) is 1.10. The second kappa shape index (κ2) is 16.0. The largest absolute Gasteiger partial charge is 0.494 e. The number of benzene rings is 5. The van der Waals surface area contributed by atoms with Crippen LogP contribution in [0.25, 0.3) is 11.1 Å². The molecule has 48 heavy (non-hydrogen) atoms. The van der Waals surface area contributed by atoms with Gasteiger partial charge < -0.3 is 14.6 Å². The summed E-state index contributed by atoms with van der Waals surface area (Å²) in [5, 5.41) is 9.10. The van der Waals surface area contributed by atoms with Gasteiger partial charge in [0, 0.05) is 31.6 Å². The molecule has 1 amide bonds. The molecule has 3 N–H and O–H groups in total. The summed E-state index contributed by atoms with van der Waals surface area (Å²) in [6.07, 6.45) is 1.96. The molecule has 1 aliphatic rings. The van der Waals surface area contributed by atoms with E-state index in [1.54, 1.807) is 0 Å². The van der Waals surface area contributed by atoms with Gasteiger partial charge in [0.15, 0.2) is 11.6 Å². The van der Waals surface area contributed by atoms with Crippen molar-refractivity contribution in [1.29, 1.82) is 0 Å². The zero-order chi connectivity index (χ0) is 33.0. The number of aliphatic imine (C=N–C) groups is 1. The Hall–Kier alpha value is -5.24. The van der Waals surface area contributed by atoms with Crippen molar-refractivity contribution in [3.8, 4) is 16.9 Å². The summed E-state index contributed by atoms with van der Waals surface area (Å²) in [6, 6.07) is 46.2. The van der Waals surface area contributed by atoms with Crippen molar-refractivity contribution in [2.24, 2.45) is 4.99 Å². The molecule has 1 heterocycles. The average Bonchev–Trinajstić information content (AvgIpc) is 3.53. The Morgan fingerprint density at radius 2 is 1.33 bits per heavy atom. The zero-order valence-electron chi connectivity index (χ0n) is 26.9. The van der Waals surface area contributed by atoms with Gasteiger partial charge in [-0.2, -0.15) is 0 Å². The molecule has 0 saturated heterocycles. The lowest BCUT2D eigenvalue weighted by atomic mass is 9.82. The Labute approximate surface area is 282 Å². The molecule has 5 aromatic carbocycles. The predicted molar refractivity (Wildman–Crippen MR) is 190 cm³/mol. The number of carbonyl (C=O) groups excluding carboxylic acids is 1. The van der Waals surface area contributed by atoms with Crippen LogP contribution in [0.15, 0.2) is 145 Å². The molecule has 244 valence electrons. The molecule has 7 heteroatoms. The average molecular weight is 640 g/mol. The van der Waals surface area contributed by atoms with E-state index in [9.17, 15) is 4.79 Å². The Balaban J connectivity index is 1.31. The van der Waals surface area contributed by atoms with Crippen LogP contribution in [0.1, 0.15) is 41.2 Å². The fraction of sp³-hybridized carbons (Fsp3) is 0.220. The summed E-state index contributed by atoms with van der Waals surface area (Å²) in [5.74, 6) is 0.818. The predicted octanol–water partition coefficient (Wildman–Crippen LogP) is 6.87. The summed E-state index contributed by atoms with van der Waals surface area (Å²) in [4.78, 5) is 19.6. The van der Waals surface area contributed by atoms with Gasteiger partial charge in [-0.25, -0.2) is 10.4 Å². The van der Waals surface area contributed by atoms with E-state index >= 15 is 0 Å². The van der Waals surface area contributed by atoms with Gasteiger partial charge >= 0.3 is 0 Å². The summed E-state index contributed by atoms with van der Waals surface area (Å²) >= 11 is 0. The normalized spacial score (nSPS) is 16.9. The highest BCUT2D eigenvalue weighted by Gasteiger charge is 2.53. The van der Waals surface area contributed by atoms with E-state index in [-0.39, 0.29) is 12.5 Å². The number of aryl methyl sites for hydroxylation is 1. The molecule has 0 bridgehead atoms.